The molecule has 7 heteroatoms. The molecule has 0 N–H and O–H groups in total. The van der Waals surface area contributed by atoms with E-state index in [0.717, 1.165) is 5.01 Å². The smallest absolute Gasteiger partial charge is 0.362 e. The van der Waals surface area contributed by atoms with Gasteiger partial charge in [0, 0.05) is 5.38 Å². The molecule has 0 spiro atoms. The van der Waals surface area contributed by atoms with Crippen LogP contribution in [0.4, 0.5) is 4.39 Å². The number of ether oxygens (including phenoxy) is 1. The number of carbonyl (C=O) groups is 1. The summed E-state index contributed by atoms with van der Waals surface area (Å²) >= 11 is 1.38. The van der Waals surface area contributed by atoms with Crippen molar-refractivity contribution in [2.24, 2.45) is 5.16 Å². The number of aryl methyl sites for hydroxylation is 1. The summed E-state index contributed by atoms with van der Waals surface area (Å²) in [6.07, 6.45) is 0. The molecule has 0 bridgehead atoms. The largest absolute Gasteiger partial charge is 0.461 e. The van der Waals surface area contributed by atoms with E-state index in [1.165, 1.54) is 11.3 Å². The first-order chi connectivity index (χ1) is 8.19. The van der Waals surface area contributed by atoms with E-state index >= 15 is 0 Å². The highest BCUT2D eigenvalue weighted by Gasteiger charge is 2.19. The van der Waals surface area contributed by atoms with Crippen LogP contribution in [0.25, 0.3) is 0 Å². The zero-order chi connectivity index (χ0) is 12.7. The molecule has 0 saturated carbocycles. The third kappa shape index (κ3) is 4.10. The summed E-state index contributed by atoms with van der Waals surface area (Å²) < 4.78 is 16.7. The molecule has 1 rings (SSSR count). The first kappa shape index (κ1) is 13.6. The fourth-order valence-electron chi connectivity index (χ4n) is 1.00. The number of esters is 1. The molecule has 1 aromatic rings. The van der Waals surface area contributed by atoms with Gasteiger partial charge in [0.1, 0.15) is 19.0 Å². The zero-order valence-electron chi connectivity index (χ0n) is 9.60. The van der Waals surface area contributed by atoms with Crippen LogP contribution in [-0.2, 0) is 14.4 Å². The van der Waals surface area contributed by atoms with Crippen molar-refractivity contribution in [2.45, 2.75) is 13.8 Å². The second-order valence-corrected chi connectivity index (χ2v) is 4.00. The van der Waals surface area contributed by atoms with Gasteiger partial charge < -0.3 is 9.57 Å². The standard InChI is InChI=1S/C10H13FN2O3S/c1-3-15-10(14)9(13-16-5-4-11)8-6-17-7(2)12-8/h6H,3-5H2,1-2H3/b13-9-. The summed E-state index contributed by atoms with van der Waals surface area (Å²) in [5.74, 6) is -0.628. The Labute approximate surface area is 102 Å². The van der Waals surface area contributed by atoms with E-state index in [1.807, 2.05) is 0 Å². The SMILES string of the molecule is CCOC(=O)/C(=N\OCCF)c1csc(C)n1. The van der Waals surface area contributed by atoms with Crippen LogP contribution in [0.2, 0.25) is 0 Å². The lowest BCUT2D eigenvalue weighted by atomic mass is 10.3. The highest BCUT2D eigenvalue weighted by atomic mass is 32.1. The topological polar surface area (TPSA) is 60.8 Å². The predicted molar refractivity (Wildman–Crippen MR) is 61.9 cm³/mol. The summed E-state index contributed by atoms with van der Waals surface area (Å²) in [7, 11) is 0. The molecule has 0 amide bonds. The number of rotatable bonds is 6. The average Bonchev–Trinajstić information content (AvgIpc) is 2.71. The summed E-state index contributed by atoms with van der Waals surface area (Å²) in [6.45, 7) is 2.84. The predicted octanol–water partition coefficient (Wildman–Crippen LogP) is 1.70. The third-order valence-electron chi connectivity index (χ3n) is 1.65. The Morgan fingerprint density at radius 1 is 1.65 bits per heavy atom. The van der Waals surface area contributed by atoms with Gasteiger partial charge in [0.25, 0.3) is 0 Å². The van der Waals surface area contributed by atoms with Gasteiger partial charge in [0.05, 0.1) is 11.6 Å². The molecule has 0 unspecified atom stereocenters. The van der Waals surface area contributed by atoms with Gasteiger partial charge in [-0.1, -0.05) is 5.16 Å². The lowest BCUT2D eigenvalue weighted by Gasteiger charge is -2.03. The van der Waals surface area contributed by atoms with Gasteiger partial charge in [-0.25, -0.2) is 14.2 Å². The minimum absolute atomic E-state index is 0.0374. The van der Waals surface area contributed by atoms with Crippen LogP contribution in [0.3, 0.4) is 0 Å². The normalized spacial score (nSPS) is 11.4. The van der Waals surface area contributed by atoms with E-state index in [0.29, 0.717) is 5.69 Å². The molecule has 0 radical (unpaired) electrons. The number of halogens is 1. The molecule has 0 fully saturated rings. The van der Waals surface area contributed by atoms with Crippen LogP contribution in [0.15, 0.2) is 10.5 Å². The van der Waals surface area contributed by atoms with E-state index in [2.05, 4.69) is 15.0 Å². The summed E-state index contributed by atoms with van der Waals surface area (Å²) in [4.78, 5) is 20.3. The number of hydrogen-bond acceptors (Lipinski definition) is 6. The molecular weight excluding hydrogens is 247 g/mol. The molecule has 17 heavy (non-hydrogen) atoms. The Bertz CT molecular complexity index is 406. The fraction of sp³-hybridized carbons (Fsp3) is 0.500. The molecule has 0 aliphatic rings. The highest BCUT2D eigenvalue weighted by molar-refractivity contribution is 7.09. The van der Waals surface area contributed by atoms with Crippen molar-refractivity contribution >= 4 is 23.0 Å². The Morgan fingerprint density at radius 3 is 2.94 bits per heavy atom. The monoisotopic (exact) mass is 260 g/mol. The van der Waals surface area contributed by atoms with E-state index in [4.69, 9.17) is 4.74 Å². The van der Waals surface area contributed by atoms with Gasteiger partial charge in [-0.2, -0.15) is 0 Å². The Morgan fingerprint density at radius 2 is 2.41 bits per heavy atom. The average molecular weight is 260 g/mol. The van der Waals surface area contributed by atoms with Crippen LogP contribution in [-0.4, -0.2) is 36.6 Å². The van der Waals surface area contributed by atoms with E-state index in [1.54, 1.807) is 19.2 Å². The van der Waals surface area contributed by atoms with Crippen LogP contribution in [0.5, 0.6) is 0 Å². The lowest BCUT2D eigenvalue weighted by Crippen LogP contribution is -2.20. The van der Waals surface area contributed by atoms with Crippen molar-refractivity contribution in [1.82, 2.24) is 4.98 Å². The van der Waals surface area contributed by atoms with Crippen LogP contribution in [0, 0.1) is 6.92 Å². The van der Waals surface area contributed by atoms with Gasteiger partial charge >= 0.3 is 5.97 Å². The first-order valence-electron chi connectivity index (χ1n) is 5.04. The van der Waals surface area contributed by atoms with Crippen molar-refractivity contribution in [3.63, 3.8) is 0 Å². The number of aromatic nitrogens is 1. The number of carbonyl (C=O) groups excluding carboxylic acids is 1. The van der Waals surface area contributed by atoms with Gasteiger partial charge in [0.15, 0.2) is 0 Å². The molecule has 0 aliphatic heterocycles. The summed E-state index contributed by atoms with van der Waals surface area (Å²) in [5.41, 5.74) is 0.342. The first-order valence-corrected chi connectivity index (χ1v) is 5.92. The van der Waals surface area contributed by atoms with Crippen molar-refractivity contribution in [1.29, 1.82) is 0 Å². The van der Waals surface area contributed by atoms with Crippen LogP contribution < -0.4 is 0 Å². The quantitative estimate of drug-likeness (QED) is 0.338. The Kier molecular flexibility index (Phi) is 5.55. The second kappa shape index (κ2) is 6.95. The second-order valence-electron chi connectivity index (χ2n) is 2.93. The Balaban J connectivity index is 2.86. The highest BCUT2D eigenvalue weighted by Crippen LogP contribution is 2.10. The summed E-state index contributed by atoms with van der Waals surface area (Å²) in [5, 5.41) is 6.03. The molecule has 5 nitrogen and oxygen atoms in total. The van der Waals surface area contributed by atoms with Crippen molar-refractivity contribution in [3.05, 3.63) is 16.1 Å². The van der Waals surface area contributed by atoms with Gasteiger partial charge in [-0.15, -0.1) is 11.3 Å². The van der Waals surface area contributed by atoms with Crippen molar-refractivity contribution in [2.75, 3.05) is 19.9 Å². The van der Waals surface area contributed by atoms with Gasteiger partial charge in [-0.3, -0.25) is 0 Å². The number of thiazole rings is 1. The fourth-order valence-corrected chi connectivity index (χ4v) is 1.60. The maximum absolute atomic E-state index is 11.9. The van der Waals surface area contributed by atoms with Crippen LogP contribution in [0.1, 0.15) is 17.6 Å². The molecule has 0 aliphatic carbocycles. The number of hydrogen-bond donors (Lipinski definition) is 0. The lowest BCUT2D eigenvalue weighted by molar-refractivity contribution is -0.135. The molecule has 0 atom stereocenters. The molecule has 1 heterocycles. The van der Waals surface area contributed by atoms with Crippen molar-refractivity contribution < 1.29 is 18.8 Å². The molecule has 1 aromatic heterocycles. The maximum atomic E-state index is 11.9. The molecule has 94 valence electrons. The summed E-state index contributed by atoms with van der Waals surface area (Å²) in [6, 6.07) is 0. The number of alkyl halides is 1. The molecule has 0 aromatic carbocycles. The zero-order valence-corrected chi connectivity index (χ0v) is 10.4. The van der Waals surface area contributed by atoms with Crippen molar-refractivity contribution in [3.8, 4) is 0 Å². The van der Waals surface area contributed by atoms with E-state index < -0.39 is 12.6 Å². The van der Waals surface area contributed by atoms with E-state index in [9.17, 15) is 9.18 Å². The van der Waals surface area contributed by atoms with Crippen LogP contribution >= 0.6 is 11.3 Å². The van der Waals surface area contributed by atoms with Gasteiger partial charge in [-0.05, 0) is 13.8 Å². The third-order valence-corrected chi connectivity index (χ3v) is 2.43. The van der Waals surface area contributed by atoms with Gasteiger partial charge in [0.2, 0.25) is 5.71 Å². The molecule has 0 saturated heterocycles. The maximum Gasteiger partial charge on any atom is 0.362 e. The minimum Gasteiger partial charge on any atom is -0.461 e. The number of oxime groups is 1. The Hall–Kier alpha value is -1.50. The molecular formula is C10H13FN2O3S. The van der Waals surface area contributed by atoms with E-state index in [-0.39, 0.29) is 18.9 Å². The minimum atomic E-state index is -0.671. The number of nitrogens with zero attached hydrogens (tertiary/aromatic N) is 2.